The third kappa shape index (κ3) is 4.18. The van der Waals surface area contributed by atoms with Crippen molar-refractivity contribution in [3.8, 4) is 5.75 Å². The summed E-state index contributed by atoms with van der Waals surface area (Å²) in [6, 6.07) is 4.38. The van der Waals surface area contributed by atoms with Crippen LogP contribution in [0.3, 0.4) is 0 Å². The monoisotopic (exact) mass is 344 g/mol. The van der Waals surface area contributed by atoms with Crippen molar-refractivity contribution in [1.82, 2.24) is 4.98 Å². The smallest absolute Gasteiger partial charge is 0.182 e. The zero-order valence-corrected chi connectivity index (χ0v) is 12.9. The van der Waals surface area contributed by atoms with E-state index in [1.54, 1.807) is 23.6 Å². The highest BCUT2D eigenvalue weighted by Crippen LogP contribution is 2.27. The lowest BCUT2D eigenvalue weighted by molar-refractivity contribution is 0.306. The fourth-order valence-corrected chi connectivity index (χ4v) is 2.54. The Balaban J connectivity index is 1.94. The van der Waals surface area contributed by atoms with Gasteiger partial charge in [0.1, 0.15) is 18.2 Å². The molecular formula is C13H14BrFN2OS. The summed E-state index contributed by atoms with van der Waals surface area (Å²) < 4.78 is 19.4. The van der Waals surface area contributed by atoms with Gasteiger partial charge in [-0.25, -0.2) is 9.37 Å². The van der Waals surface area contributed by atoms with E-state index in [2.05, 4.69) is 33.2 Å². The Morgan fingerprint density at radius 2 is 2.32 bits per heavy atom. The van der Waals surface area contributed by atoms with Crippen LogP contribution in [0.4, 0.5) is 9.52 Å². The maximum Gasteiger partial charge on any atom is 0.182 e. The Labute approximate surface area is 124 Å². The summed E-state index contributed by atoms with van der Waals surface area (Å²) in [5.41, 5.74) is 0. The Morgan fingerprint density at radius 3 is 3.11 bits per heavy atom. The number of rotatable bonds is 6. The molecule has 102 valence electrons. The van der Waals surface area contributed by atoms with Gasteiger partial charge in [0, 0.05) is 18.8 Å². The van der Waals surface area contributed by atoms with E-state index in [1.165, 1.54) is 12.1 Å². The Kier molecular flexibility index (Phi) is 5.15. The number of hydrogen-bond donors (Lipinski definition) is 1. The van der Waals surface area contributed by atoms with E-state index < -0.39 is 0 Å². The molecule has 0 radical (unpaired) electrons. The van der Waals surface area contributed by atoms with E-state index in [0.717, 1.165) is 27.4 Å². The SMILES string of the molecule is CCCNc1ncc(COc2cc(F)ccc2Br)s1. The summed E-state index contributed by atoms with van der Waals surface area (Å²) >= 11 is 4.87. The Bertz CT molecular complexity index is 547. The minimum atomic E-state index is -0.312. The average Bonchev–Trinajstić information content (AvgIpc) is 2.85. The standard InChI is InChI=1S/C13H14BrFN2OS/c1-2-5-16-13-17-7-10(19-13)8-18-12-6-9(15)3-4-11(12)14/h3-4,6-7H,2,5,8H2,1H3,(H,16,17). The second kappa shape index (κ2) is 6.86. The number of nitrogens with one attached hydrogen (secondary N) is 1. The molecule has 6 heteroatoms. The molecule has 2 aromatic rings. The van der Waals surface area contributed by atoms with Crippen molar-refractivity contribution in [2.45, 2.75) is 20.0 Å². The average molecular weight is 345 g/mol. The van der Waals surface area contributed by atoms with Crippen molar-refractivity contribution in [3.05, 3.63) is 39.6 Å². The third-order valence-electron chi connectivity index (χ3n) is 2.34. The summed E-state index contributed by atoms with van der Waals surface area (Å²) in [5.74, 6) is 0.185. The molecule has 0 bridgehead atoms. The molecular weight excluding hydrogens is 331 g/mol. The molecule has 3 nitrogen and oxygen atoms in total. The van der Waals surface area contributed by atoms with Gasteiger partial charge >= 0.3 is 0 Å². The molecule has 0 aliphatic rings. The third-order valence-corrected chi connectivity index (χ3v) is 3.93. The van der Waals surface area contributed by atoms with E-state index in [1.807, 2.05) is 0 Å². The van der Waals surface area contributed by atoms with Crippen molar-refractivity contribution in [2.24, 2.45) is 0 Å². The van der Waals surface area contributed by atoms with Gasteiger partial charge in [0.05, 0.1) is 9.35 Å². The van der Waals surface area contributed by atoms with Gasteiger partial charge in [-0.1, -0.05) is 18.3 Å². The molecule has 0 fully saturated rings. The molecule has 1 N–H and O–H groups in total. The highest BCUT2D eigenvalue weighted by atomic mass is 79.9. The number of benzene rings is 1. The van der Waals surface area contributed by atoms with Crippen molar-refractivity contribution >= 4 is 32.4 Å². The van der Waals surface area contributed by atoms with Gasteiger partial charge in [-0.3, -0.25) is 0 Å². The molecule has 0 saturated carbocycles. The lowest BCUT2D eigenvalue weighted by Crippen LogP contribution is -1.98. The van der Waals surface area contributed by atoms with Crippen LogP contribution in [0.1, 0.15) is 18.2 Å². The quantitative estimate of drug-likeness (QED) is 0.840. The molecule has 1 aromatic carbocycles. The minimum Gasteiger partial charge on any atom is -0.487 e. The number of thiazole rings is 1. The molecule has 0 unspecified atom stereocenters. The van der Waals surface area contributed by atoms with E-state index in [-0.39, 0.29) is 5.82 Å². The number of nitrogens with zero attached hydrogens (tertiary/aromatic N) is 1. The predicted octanol–water partition coefficient (Wildman–Crippen LogP) is 4.45. The van der Waals surface area contributed by atoms with Crippen molar-refractivity contribution in [2.75, 3.05) is 11.9 Å². The summed E-state index contributed by atoms with van der Waals surface area (Å²) in [4.78, 5) is 5.24. The number of halogens is 2. The molecule has 19 heavy (non-hydrogen) atoms. The second-order valence-corrected chi connectivity index (χ2v) is 5.89. The van der Waals surface area contributed by atoms with Crippen LogP contribution in [-0.2, 0) is 6.61 Å². The zero-order valence-electron chi connectivity index (χ0n) is 10.5. The van der Waals surface area contributed by atoms with Crippen LogP contribution in [-0.4, -0.2) is 11.5 Å². The number of anilines is 1. The van der Waals surface area contributed by atoms with Gasteiger partial charge in [-0.2, -0.15) is 0 Å². The zero-order chi connectivity index (χ0) is 13.7. The normalized spacial score (nSPS) is 10.5. The Morgan fingerprint density at radius 1 is 1.47 bits per heavy atom. The van der Waals surface area contributed by atoms with Crippen LogP contribution < -0.4 is 10.1 Å². The van der Waals surface area contributed by atoms with Gasteiger partial charge in [0.15, 0.2) is 5.13 Å². The van der Waals surface area contributed by atoms with Crippen LogP contribution in [0.15, 0.2) is 28.9 Å². The van der Waals surface area contributed by atoms with Gasteiger partial charge in [0.2, 0.25) is 0 Å². The Hall–Kier alpha value is -1.14. The van der Waals surface area contributed by atoms with Gasteiger partial charge in [-0.15, -0.1) is 0 Å². The number of hydrogen-bond acceptors (Lipinski definition) is 4. The predicted molar refractivity (Wildman–Crippen MR) is 79.3 cm³/mol. The molecule has 1 aromatic heterocycles. The minimum absolute atomic E-state index is 0.312. The number of aromatic nitrogens is 1. The largest absolute Gasteiger partial charge is 0.487 e. The molecule has 0 amide bonds. The first kappa shape index (κ1) is 14.3. The lowest BCUT2D eigenvalue weighted by atomic mass is 10.3. The van der Waals surface area contributed by atoms with Crippen LogP contribution >= 0.6 is 27.3 Å². The first-order valence-electron chi connectivity index (χ1n) is 5.95. The second-order valence-electron chi connectivity index (χ2n) is 3.92. The van der Waals surface area contributed by atoms with E-state index in [0.29, 0.717) is 12.4 Å². The van der Waals surface area contributed by atoms with Gasteiger partial charge < -0.3 is 10.1 Å². The molecule has 0 spiro atoms. The summed E-state index contributed by atoms with van der Waals surface area (Å²) in [5, 5.41) is 4.10. The first-order chi connectivity index (χ1) is 9.19. The summed E-state index contributed by atoms with van der Waals surface area (Å²) in [7, 11) is 0. The molecule has 0 saturated heterocycles. The molecule has 0 aliphatic carbocycles. The molecule has 1 heterocycles. The topological polar surface area (TPSA) is 34.2 Å². The molecule has 0 aliphatic heterocycles. The van der Waals surface area contributed by atoms with Crippen molar-refractivity contribution in [3.63, 3.8) is 0 Å². The number of ether oxygens (including phenoxy) is 1. The van der Waals surface area contributed by atoms with E-state index in [4.69, 9.17) is 4.74 Å². The van der Waals surface area contributed by atoms with Crippen molar-refractivity contribution in [1.29, 1.82) is 0 Å². The highest BCUT2D eigenvalue weighted by molar-refractivity contribution is 9.10. The maximum absolute atomic E-state index is 13.1. The van der Waals surface area contributed by atoms with Crippen LogP contribution in [0.2, 0.25) is 0 Å². The van der Waals surface area contributed by atoms with Gasteiger partial charge in [-0.05, 0) is 34.5 Å². The highest BCUT2D eigenvalue weighted by Gasteiger charge is 2.06. The van der Waals surface area contributed by atoms with E-state index in [9.17, 15) is 4.39 Å². The fraction of sp³-hybridized carbons (Fsp3) is 0.308. The fourth-order valence-electron chi connectivity index (χ4n) is 1.42. The first-order valence-corrected chi connectivity index (χ1v) is 7.56. The van der Waals surface area contributed by atoms with Crippen LogP contribution in [0.5, 0.6) is 5.75 Å². The molecule has 0 atom stereocenters. The summed E-state index contributed by atoms with van der Waals surface area (Å²) in [6.07, 6.45) is 2.83. The van der Waals surface area contributed by atoms with E-state index >= 15 is 0 Å². The van der Waals surface area contributed by atoms with Crippen LogP contribution in [0, 0.1) is 5.82 Å². The van der Waals surface area contributed by atoms with Crippen molar-refractivity contribution < 1.29 is 9.13 Å². The lowest BCUT2D eigenvalue weighted by Gasteiger charge is -2.06. The summed E-state index contributed by atoms with van der Waals surface area (Å²) in [6.45, 7) is 3.39. The van der Waals surface area contributed by atoms with Gasteiger partial charge in [0.25, 0.3) is 0 Å². The molecule has 2 rings (SSSR count). The van der Waals surface area contributed by atoms with Crippen LogP contribution in [0.25, 0.3) is 0 Å². The maximum atomic E-state index is 13.1.